The van der Waals surface area contributed by atoms with E-state index in [2.05, 4.69) is 38.6 Å². The minimum atomic E-state index is 0.882. The van der Waals surface area contributed by atoms with Crippen molar-refractivity contribution in [3.05, 3.63) is 40.6 Å². The predicted molar refractivity (Wildman–Crippen MR) is 79.9 cm³/mol. The molecule has 0 saturated carbocycles. The van der Waals surface area contributed by atoms with Crippen molar-refractivity contribution < 1.29 is 0 Å². The molecule has 2 aromatic rings. The highest BCUT2D eigenvalue weighted by Gasteiger charge is 2.09. The van der Waals surface area contributed by atoms with Crippen LogP contribution >= 0.6 is 15.9 Å². The zero-order valence-electron chi connectivity index (χ0n) is 10.4. The normalized spacial score (nSPS) is 10.4. The molecule has 2 aromatic heterocycles. The van der Waals surface area contributed by atoms with Crippen molar-refractivity contribution in [2.75, 3.05) is 0 Å². The first-order valence-corrected chi connectivity index (χ1v) is 6.48. The van der Waals surface area contributed by atoms with E-state index in [1.807, 2.05) is 39.0 Å². The number of aromatic amines is 1. The van der Waals surface area contributed by atoms with Crippen LogP contribution in [0.3, 0.4) is 0 Å². The summed E-state index contributed by atoms with van der Waals surface area (Å²) >= 11 is 3.53. The Kier molecular flexibility index (Phi) is 5.16. The fourth-order valence-electron chi connectivity index (χ4n) is 1.62. The molecule has 0 unspecified atom stereocenters. The molecule has 0 aliphatic heterocycles. The standard InChI is InChI=1S/C12H11BrN2.C2H6/c1-3-5-8-10(4-2)15-12-11(8)9(13)6-7-14-12;1-2/h3-7H,2H2,1H3,(H,14,15);1-2H3/b5-3-;. The Bertz CT molecular complexity index is 538. The van der Waals surface area contributed by atoms with Crippen LogP contribution < -0.4 is 0 Å². The maximum absolute atomic E-state index is 4.29. The second-order valence-corrected chi connectivity index (χ2v) is 4.03. The van der Waals surface area contributed by atoms with Crippen molar-refractivity contribution in [1.29, 1.82) is 0 Å². The highest BCUT2D eigenvalue weighted by Crippen LogP contribution is 2.29. The third-order valence-electron chi connectivity index (χ3n) is 2.25. The Morgan fingerprint density at radius 2 is 2.12 bits per heavy atom. The predicted octanol–water partition coefficient (Wildman–Crippen LogP) is 5.03. The quantitative estimate of drug-likeness (QED) is 0.826. The Hall–Kier alpha value is -1.35. The van der Waals surface area contributed by atoms with Crippen LogP contribution in [-0.2, 0) is 0 Å². The molecule has 17 heavy (non-hydrogen) atoms. The smallest absolute Gasteiger partial charge is 0.139 e. The number of halogens is 1. The van der Waals surface area contributed by atoms with Crippen molar-refractivity contribution >= 4 is 39.1 Å². The molecule has 0 fully saturated rings. The van der Waals surface area contributed by atoms with Gasteiger partial charge in [0, 0.05) is 27.3 Å². The van der Waals surface area contributed by atoms with Crippen molar-refractivity contribution in [3.63, 3.8) is 0 Å². The first kappa shape index (κ1) is 13.7. The second-order valence-electron chi connectivity index (χ2n) is 3.17. The van der Waals surface area contributed by atoms with E-state index in [9.17, 15) is 0 Å². The summed E-state index contributed by atoms with van der Waals surface area (Å²) in [6.45, 7) is 9.79. The van der Waals surface area contributed by atoms with E-state index in [1.165, 1.54) is 0 Å². The average molecular weight is 293 g/mol. The van der Waals surface area contributed by atoms with Gasteiger partial charge in [0.2, 0.25) is 0 Å². The summed E-state index contributed by atoms with van der Waals surface area (Å²) in [6, 6.07) is 1.94. The van der Waals surface area contributed by atoms with Gasteiger partial charge in [-0.15, -0.1) is 0 Å². The number of fused-ring (bicyclic) bond motifs is 1. The molecule has 3 heteroatoms. The van der Waals surface area contributed by atoms with E-state index in [0.29, 0.717) is 0 Å². The first-order chi connectivity index (χ1) is 8.27. The molecule has 0 amide bonds. The van der Waals surface area contributed by atoms with Crippen LogP contribution in [0.15, 0.2) is 29.4 Å². The number of rotatable bonds is 2. The summed E-state index contributed by atoms with van der Waals surface area (Å²) in [7, 11) is 0. The van der Waals surface area contributed by atoms with Crippen LogP contribution in [0.2, 0.25) is 0 Å². The molecule has 0 aliphatic carbocycles. The summed E-state index contributed by atoms with van der Waals surface area (Å²) in [5, 5.41) is 1.10. The van der Waals surface area contributed by atoms with Gasteiger partial charge in [0.15, 0.2) is 0 Å². The molecule has 0 bridgehead atoms. The van der Waals surface area contributed by atoms with Gasteiger partial charge < -0.3 is 4.98 Å². The maximum Gasteiger partial charge on any atom is 0.139 e. The van der Waals surface area contributed by atoms with Gasteiger partial charge in [-0.05, 0) is 35.0 Å². The summed E-state index contributed by atoms with van der Waals surface area (Å²) in [5.41, 5.74) is 3.01. The molecule has 1 N–H and O–H groups in total. The molecule has 2 nitrogen and oxygen atoms in total. The second kappa shape index (κ2) is 6.40. The first-order valence-electron chi connectivity index (χ1n) is 5.69. The molecule has 90 valence electrons. The number of allylic oxidation sites excluding steroid dienone is 1. The summed E-state index contributed by atoms with van der Waals surface area (Å²) in [5.74, 6) is 0. The number of hydrogen-bond donors (Lipinski definition) is 1. The molecule has 0 saturated heterocycles. The van der Waals surface area contributed by atoms with Crippen LogP contribution in [0.25, 0.3) is 23.2 Å². The molecular formula is C14H17BrN2. The van der Waals surface area contributed by atoms with Gasteiger partial charge in [0.05, 0.1) is 0 Å². The van der Waals surface area contributed by atoms with Crippen LogP contribution in [0.4, 0.5) is 0 Å². The van der Waals surface area contributed by atoms with Gasteiger partial charge in [0.1, 0.15) is 5.65 Å². The van der Waals surface area contributed by atoms with E-state index < -0.39 is 0 Å². The van der Waals surface area contributed by atoms with Crippen molar-refractivity contribution in [1.82, 2.24) is 9.97 Å². The van der Waals surface area contributed by atoms with Crippen molar-refractivity contribution in [2.24, 2.45) is 0 Å². The van der Waals surface area contributed by atoms with E-state index in [1.54, 1.807) is 6.20 Å². The van der Waals surface area contributed by atoms with Crippen LogP contribution in [0.5, 0.6) is 0 Å². The molecule has 0 atom stereocenters. The third-order valence-corrected chi connectivity index (χ3v) is 2.91. The lowest BCUT2D eigenvalue weighted by Crippen LogP contribution is -1.76. The summed E-state index contributed by atoms with van der Waals surface area (Å²) in [6.07, 6.45) is 7.65. The monoisotopic (exact) mass is 292 g/mol. The molecule has 2 rings (SSSR count). The fraction of sp³-hybridized carbons (Fsp3) is 0.214. The molecule has 2 heterocycles. The van der Waals surface area contributed by atoms with Gasteiger partial charge in [-0.1, -0.05) is 32.6 Å². The molecule has 0 aromatic carbocycles. The topological polar surface area (TPSA) is 28.7 Å². The summed E-state index contributed by atoms with van der Waals surface area (Å²) < 4.78 is 1.05. The minimum absolute atomic E-state index is 0.882. The lowest BCUT2D eigenvalue weighted by atomic mass is 10.1. The number of hydrogen-bond acceptors (Lipinski definition) is 1. The molecule has 0 spiro atoms. The lowest BCUT2D eigenvalue weighted by molar-refractivity contribution is 1.31. The number of nitrogens with zero attached hydrogens (tertiary/aromatic N) is 1. The fourth-order valence-corrected chi connectivity index (χ4v) is 2.14. The Morgan fingerprint density at radius 1 is 1.41 bits per heavy atom. The molecular weight excluding hydrogens is 276 g/mol. The highest BCUT2D eigenvalue weighted by atomic mass is 79.9. The van der Waals surface area contributed by atoms with E-state index in [4.69, 9.17) is 0 Å². The average Bonchev–Trinajstić information content (AvgIpc) is 2.72. The number of pyridine rings is 1. The van der Waals surface area contributed by atoms with Gasteiger partial charge in [-0.2, -0.15) is 0 Å². The van der Waals surface area contributed by atoms with Crippen LogP contribution in [0, 0.1) is 0 Å². The van der Waals surface area contributed by atoms with Crippen molar-refractivity contribution in [3.8, 4) is 0 Å². The Labute approximate surface area is 111 Å². The molecule has 0 aliphatic rings. The molecule has 0 radical (unpaired) electrons. The number of nitrogens with one attached hydrogen (secondary N) is 1. The Morgan fingerprint density at radius 3 is 2.71 bits per heavy atom. The highest BCUT2D eigenvalue weighted by molar-refractivity contribution is 9.10. The van der Waals surface area contributed by atoms with Crippen LogP contribution in [-0.4, -0.2) is 9.97 Å². The van der Waals surface area contributed by atoms with Gasteiger partial charge in [0.25, 0.3) is 0 Å². The maximum atomic E-state index is 4.29. The minimum Gasteiger partial charge on any atom is -0.339 e. The summed E-state index contributed by atoms with van der Waals surface area (Å²) in [4.78, 5) is 7.52. The number of H-pyrrole nitrogens is 1. The zero-order chi connectivity index (χ0) is 12.8. The van der Waals surface area contributed by atoms with Gasteiger partial charge in [-0.25, -0.2) is 4.98 Å². The van der Waals surface area contributed by atoms with Gasteiger partial charge in [-0.3, -0.25) is 0 Å². The van der Waals surface area contributed by atoms with Gasteiger partial charge >= 0.3 is 0 Å². The van der Waals surface area contributed by atoms with E-state index >= 15 is 0 Å². The zero-order valence-corrected chi connectivity index (χ0v) is 12.0. The largest absolute Gasteiger partial charge is 0.339 e. The van der Waals surface area contributed by atoms with Crippen LogP contribution in [0.1, 0.15) is 32.0 Å². The van der Waals surface area contributed by atoms with Crippen molar-refractivity contribution in [2.45, 2.75) is 20.8 Å². The lowest BCUT2D eigenvalue weighted by Gasteiger charge is -1.95. The SMILES string of the molecule is C=Cc1[nH]c2nccc(Br)c2c1/C=C\C.CC. The van der Waals surface area contributed by atoms with E-state index in [0.717, 1.165) is 26.8 Å². The van der Waals surface area contributed by atoms with E-state index in [-0.39, 0.29) is 0 Å². The number of aromatic nitrogens is 2. The third kappa shape index (κ3) is 2.67. The Balaban J connectivity index is 0.000000686.